The highest BCUT2D eigenvalue weighted by Gasteiger charge is 2.21. The molecular formula is C7H5BrN2O5. The Balaban J connectivity index is 3.12. The van der Waals surface area contributed by atoms with Crippen LogP contribution in [0.1, 0.15) is 11.8 Å². The lowest BCUT2D eigenvalue weighted by atomic mass is 10.2. The predicted octanol–water partition coefficient (Wildman–Crippen LogP) is 0.870. The molecule has 0 fully saturated rings. The van der Waals surface area contributed by atoms with Crippen LogP contribution < -0.4 is 0 Å². The molecule has 0 aliphatic rings. The summed E-state index contributed by atoms with van der Waals surface area (Å²) in [5.74, 6) is -1.47. The molecule has 0 saturated carbocycles. The molecule has 1 heterocycles. The van der Waals surface area contributed by atoms with Crippen LogP contribution in [0.5, 0.6) is 0 Å². The van der Waals surface area contributed by atoms with Crippen LogP contribution in [0.25, 0.3) is 0 Å². The van der Waals surface area contributed by atoms with Crippen molar-refractivity contribution in [3.05, 3.63) is 32.5 Å². The Morgan fingerprint density at radius 1 is 1.60 bits per heavy atom. The quantitative estimate of drug-likeness (QED) is 0.481. The van der Waals surface area contributed by atoms with E-state index in [1.165, 1.54) is 0 Å². The Morgan fingerprint density at radius 3 is 2.60 bits per heavy atom. The Bertz CT molecular complexity index is 422. The summed E-state index contributed by atoms with van der Waals surface area (Å²) in [6, 6.07) is 2.15. The van der Waals surface area contributed by atoms with Gasteiger partial charge in [-0.2, -0.15) is 0 Å². The van der Waals surface area contributed by atoms with Crippen LogP contribution in [-0.2, 0) is 4.79 Å². The van der Waals surface area contributed by atoms with Crippen LogP contribution in [0.3, 0.4) is 0 Å². The number of nitrogens with zero attached hydrogens (tertiary/aromatic N) is 2. The summed E-state index contributed by atoms with van der Waals surface area (Å²) < 4.78 is -0.120. The van der Waals surface area contributed by atoms with E-state index >= 15 is 0 Å². The summed E-state index contributed by atoms with van der Waals surface area (Å²) >= 11 is 2.81. The fourth-order valence-electron chi connectivity index (χ4n) is 0.856. The molecule has 1 aromatic rings. The molecule has 1 rings (SSSR count). The van der Waals surface area contributed by atoms with Gasteiger partial charge in [-0.05, 0) is 22.0 Å². The molecule has 1 unspecified atom stereocenters. The minimum absolute atomic E-state index is 0.120. The number of carboxylic acids is 1. The topological polar surface area (TPSA) is 114 Å². The monoisotopic (exact) mass is 276 g/mol. The van der Waals surface area contributed by atoms with E-state index in [0.717, 1.165) is 12.1 Å². The maximum absolute atomic E-state index is 10.4. The van der Waals surface area contributed by atoms with Gasteiger partial charge in [0.25, 0.3) is 0 Å². The van der Waals surface area contributed by atoms with E-state index in [9.17, 15) is 14.9 Å². The number of aliphatic hydroxyl groups excluding tert-OH is 1. The van der Waals surface area contributed by atoms with Crippen LogP contribution in [0.4, 0.5) is 5.69 Å². The Labute approximate surface area is 91.7 Å². The second-order valence-corrected chi connectivity index (χ2v) is 3.30. The molecule has 1 atom stereocenters. The zero-order valence-corrected chi connectivity index (χ0v) is 8.71. The lowest BCUT2D eigenvalue weighted by Gasteiger charge is -2.04. The number of nitro groups is 1. The summed E-state index contributed by atoms with van der Waals surface area (Å²) in [5.41, 5.74) is -0.462. The summed E-state index contributed by atoms with van der Waals surface area (Å²) in [6.07, 6.45) is -1.79. The van der Waals surface area contributed by atoms with Crippen molar-refractivity contribution >= 4 is 27.6 Å². The molecule has 8 heteroatoms. The highest BCUT2D eigenvalue weighted by molar-refractivity contribution is 9.10. The molecule has 0 aliphatic carbocycles. The number of pyridine rings is 1. The van der Waals surface area contributed by atoms with E-state index in [4.69, 9.17) is 10.2 Å². The van der Waals surface area contributed by atoms with E-state index in [-0.39, 0.29) is 16.0 Å². The predicted molar refractivity (Wildman–Crippen MR) is 51.2 cm³/mol. The average molecular weight is 277 g/mol. The number of aliphatic hydroxyl groups is 1. The van der Waals surface area contributed by atoms with Gasteiger partial charge in [-0.3, -0.25) is 10.1 Å². The van der Waals surface area contributed by atoms with Gasteiger partial charge in [0.05, 0.1) is 10.6 Å². The normalized spacial score (nSPS) is 12.1. The first-order valence-corrected chi connectivity index (χ1v) is 4.44. The molecule has 0 aliphatic heterocycles. The molecule has 0 saturated heterocycles. The van der Waals surface area contributed by atoms with Crippen molar-refractivity contribution < 1.29 is 19.9 Å². The van der Waals surface area contributed by atoms with Crippen molar-refractivity contribution in [2.75, 3.05) is 0 Å². The third-order valence-electron chi connectivity index (χ3n) is 1.56. The molecule has 1 aromatic heterocycles. The van der Waals surface area contributed by atoms with E-state index < -0.39 is 17.0 Å². The zero-order chi connectivity index (χ0) is 11.6. The highest BCUT2D eigenvalue weighted by Crippen LogP contribution is 2.24. The molecule has 0 bridgehead atoms. The summed E-state index contributed by atoms with van der Waals surface area (Å²) in [6.45, 7) is 0. The SMILES string of the molecule is O=C(O)C(O)c1ccc([N+](=O)[O-])c(Br)n1. The molecule has 80 valence electrons. The smallest absolute Gasteiger partial charge is 0.338 e. The van der Waals surface area contributed by atoms with E-state index in [0.29, 0.717) is 0 Å². The number of hydrogen-bond donors (Lipinski definition) is 2. The Hall–Kier alpha value is -1.54. The van der Waals surface area contributed by atoms with E-state index in [2.05, 4.69) is 20.9 Å². The number of aliphatic carboxylic acids is 1. The first-order chi connectivity index (χ1) is 6.93. The number of aromatic nitrogens is 1. The van der Waals surface area contributed by atoms with Crippen molar-refractivity contribution in [1.29, 1.82) is 0 Å². The van der Waals surface area contributed by atoms with Crippen LogP contribution in [-0.4, -0.2) is 26.1 Å². The summed E-state index contributed by atoms with van der Waals surface area (Å²) in [5, 5.41) is 28.0. The maximum Gasteiger partial charge on any atom is 0.338 e. The number of hydrogen-bond acceptors (Lipinski definition) is 5. The van der Waals surface area contributed by atoms with Crippen LogP contribution in [0, 0.1) is 10.1 Å². The van der Waals surface area contributed by atoms with Crippen molar-refractivity contribution in [1.82, 2.24) is 4.98 Å². The highest BCUT2D eigenvalue weighted by atomic mass is 79.9. The van der Waals surface area contributed by atoms with Gasteiger partial charge >= 0.3 is 11.7 Å². The number of carboxylic acid groups (broad SMARTS) is 1. The van der Waals surface area contributed by atoms with Gasteiger partial charge < -0.3 is 10.2 Å². The fraction of sp³-hybridized carbons (Fsp3) is 0.143. The van der Waals surface area contributed by atoms with Crippen LogP contribution >= 0.6 is 15.9 Å². The Kier molecular flexibility index (Phi) is 3.32. The molecule has 0 aromatic carbocycles. The fourth-order valence-corrected chi connectivity index (χ4v) is 1.34. The molecule has 15 heavy (non-hydrogen) atoms. The van der Waals surface area contributed by atoms with Gasteiger partial charge in [0.15, 0.2) is 10.7 Å². The van der Waals surface area contributed by atoms with Gasteiger partial charge in [-0.1, -0.05) is 0 Å². The molecule has 7 nitrogen and oxygen atoms in total. The van der Waals surface area contributed by atoms with Crippen molar-refractivity contribution in [3.8, 4) is 0 Å². The number of rotatable bonds is 3. The van der Waals surface area contributed by atoms with Crippen molar-refractivity contribution in [2.24, 2.45) is 0 Å². The van der Waals surface area contributed by atoms with E-state index in [1.54, 1.807) is 0 Å². The molecule has 2 N–H and O–H groups in total. The second kappa shape index (κ2) is 4.32. The van der Waals surface area contributed by atoms with E-state index in [1.807, 2.05) is 0 Å². The standard InChI is InChI=1S/C7H5BrN2O5/c8-6-4(10(14)15)2-1-3(9-6)5(11)7(12)13/h1-2,5,11H,(H,12,13). The van der Waals surface area contributed by atoms with Crippen LogP contribution in [0.15, 0.2) is 16.7 Å². The Morgan fingerprint density at radius 2 is 2.20 bits per heavy atom. The molecular weight excluding hydrogens is 272 g/mol. The zero-order valence-electron chi connectivity index (χ0n) is 7.12. The average Bonchev–Trinajstić information content (AvgIpc) is 2.15. The van der Waals surface area contributed by atoms with Crippen molar-refractivity contribution in [3.63, 3.8) is 0 Å². The largest absolute Gasteiger partial charge is 0.479 e. The third kappa shape index (κ3) is 2.48. The van der Waals surface area contributed by atoms with Gasteiger partial charge in [0.1, 0.15) is 0 Å². The molecule has 0 spiro atoms. The van der Waals surface area contributed by atoms with Gasteiger partial charge in [0, 0.05) is 6.07 Å². The minimum Gasteiger partial charge on any atom is -0.479 e. The first kappa shape index (κ1) is 11.5. The minimum atomic E-state index is -1.79. The summed E-state index contributed by atoms with van der Waals surface area (Å²) in [4.78, 5) is 23.7. The van der Waals surface area contributed by atoms with Gasteiger partial charge in [-0.25, -0.2) is 9.78 Å². The maximum atomic E-state index is 10.4. The first-order valence-electron chi connectivity index (χ1n) is 3.65. The number of halogens is 1. The lowest BCUT2D eigenvalue weighted by molar-refractivity contribution is -0.386. The number of carbonyl (C=O) groups is 1. The molecule has 0 radical (unpaired) electrons. The van der Waals surface area contributed by atoms with Crippen molar-refractivity contribution in [2.45, 2.75) is 6.10 Å². The van der Waals surface area contributed by atoms with Gasteiger partial charge in [-0.15, -0.1) is 0 Å². The third-order valence-corrected chi connectivity index (χ3v) is 2.14. The summed E-state index contributed by atoms with van der Waals surface area (Å²) in [7, 11) is 0. The molecule has 0 amide bonds. The second-order valence-electron chi connectivity index (χ2n) is 2.54. The lowest BCUT2D eigenvalue weighted by Crippen LogP contribution is -2.12. The van der Waals surface area contributed by atoms with Gasteiger partial charge in [0.2, 0.25) is 0 Å². The van der Waals surface area contributed by atoms with Crippen LogP contribution in [0.2, 0.25) is 0 Å².